The fourth-order valence-electron chi connectivity index (χ4n) is 3.21. The second-order valence-electron chi connectivity index (χ2n) is 6.99. The lowest BCUT2D eigenvalue weighted by Crippen LogP contribution is -2.30. The summed E-state index contributed by atoms with van der Waals surface area (Å²) in [6.45, 7) is 1.89. The predicted molar refractivity (Wildman–Crippen MR) is 111 cm³/mol. The minimum absolute atomic E-state index is 0.186. The van der Waals surface area contributed by atoms with Crippen molar-refractivity contribution >= 4 is 33.2 Å². The first kappa shape index (κ1) is 20.8. The average Bonchev–Trinajstić information content (AvgIpc) is 3.19. The van der Waals surface area contributed by atoms with Gasteiger partial charge in [-0.1, -0.05) is 29.8 Å². The molecule has 3 rings (SSSR count). The van der Waals surface area contributed by atoms with Gasteiger partial charge < -0.3 is 5.32 Å². The van der Waals surface area contributed by atoms with Crippen LogP contribution in [0, 0.1) is 0 Å². The fourth-order valence-corrected chi connectivity index (χ4v) is 4.90. The maximum absolute atomic E-state index is 12.7. The number of carbonyl (C=O) groups is 1. The van der Waals surface area contributed by atoms with Gasteiger partial charge in [0.1, 0.15) is 0 Å². The van der Waals surface area contributed by atoms with E-state index in [0.29, 0.717) is 30.3 Å². The van der Waals surface area contributed by atoms with E-state index < -0.39 is 10.0 Å². The highest BCUT2D eigenvalue weighted by Crippen LogP contribution is 2.23. The van der Waals surface area contributed by atoms with E-state index in [2.05, 4.69) is 5.32 Å². The molecule has 2 aromatic rings. The van der Waals surface area contributed by atoms with Crippen molar-refractivity contribution in [1.29, 1.82) is 0 Å². The van der Waals surface area contributed by atoms with E-state index in [1.54, 1.807) is 18.2 Å². The Morgan fingerprint density at radius 1 is 1.14 bits per heavy atom. The van der Waals surface area contributed by atoms with E-state index in [1.165, 1.54) is 10.4 Å². The largest absolute Gasteiger partial charge is 0.325 e. The number of halogens is 1. The van der Waals surface area contributed by atoms with Gasteiger partial charge in [-0.05, 0) is 55.8 Å². The van der Waals surface area contributed by atoms with Crippen LogP contribution in [-0.4, -0.2) is 50.2 Å². The van der Waals surface area contributed by atoms with Gasteiger partial charge in [-0.3, -0.25) is 9.69 Å². The minimum Gasteiger partial charge on any atom is -0.325 e. The lowest BCUT2D eigenvalue weighted by molar-refractivity contribution is -0.117. The number of hydrogen-bond acceptors (Lipinski definition) is 4. The molecule has 0 unspecified atom stereocenters. The number of benzene rings is 2. The molecule has 8 heteroatoms. The number of carbonyl (C=O) groups excluding carboxylic acids is 1. The molecule has 0 saturated carbocycles. The van der Waals surface area contributed by atoms with Crippen LogP contribution in [0.1, 0.15) is 18.4 Å². The molecule has 1 heterocycles. The molecule has 1 amide bonds. The van der Waals surface area contributed by atoms with Crippen LogP contribution < -0.4 is 5.32 Å². The lowest BCUT2D eigenvalue weighted by Gasteiger charge is -2.18. The van der Waals surface area contributed by atoms with Gasteiger partial charge >= 0.3 is 0 Å². The SMILES string of the molecule is CN(CC(=O)Nc1cccc(S(=O)(=O)N2CCCC2)c1)Cc1ccc(Cl)cc1. The fraction of sp³-hybridized carbons (Fsp3) is 0.350. The quantitative estimate of drug-likeness (QED) is 0.745. The van der Waals surface area contributed by atoms with Crippen LogP contribution in [0.15, 0.2) is 53.4 Å². The van der Waals surface area contributed by atoms with Crippen LogP contribution in [0.3, 0.4) is 0 Å². The Hall–Kier alpha value is -1.93. The van der Waals surface area contributed by atoms with Gasteiger partial charge in [0.25, 0.3) is 0 Å². The van der Waals surface area contributed by atoms with Crippen LogP contribution in [0.4, 0.5) is 5.69 Å². The zero-order chi connectivity index (χ0) is 20.1. The monoisotopic (exact) mass is 421 g/mol. The first-order chi connectivity index (χ1) is 13.3. The summed E-state index contributed by atoms with van der Waals surface area (Å²) in [5.41, 5.74) is 1.53. The Morgan fingerprint density at radius 2 is 1.82 bits per heavy atom. The molecule has 0 atom stereocenters. The van der Waals surface area contributed by atoms with Crippen molar-refractivity contribution in [3.8, 4) is 0 Å². The number of nitrogens with one attached hydrogen (secondary N) is 1. The summed E-state index contributed by atoms with van der Waals surface area (Å²) >= 11 is 5.89. The summed E-state index contributed by atoms with van der Waals surface area (Å²) in [6, 6.07) is 13.9. The van der Waals surface area contributed by atoms with Crippen molar-refractivity contribution < 1.29 is 13.2 Å². The van der Waals surface area contributed by atoms with E-state index >= 15 is 0 Å². The standard InChI is InChI=1S/C20H24ClN3O3S/c1-23(14-16-7-9-17(21)10-8-16)15-20(25)22-18-5-4-6-19(13-18)28(26,27)24-11-2-3-12-24/h4-10,13H,2-3,11-12,14-15H2,1H3,(H,22,25). The molecular weight excluding hydrogens is 398 g/mol. The smallest absolute Gasteiger partial charge is 0.243 e. The molecule has 150 valence electrons. The third-order valence-electron chi connectivity index (χ3n) is 4.60. The molecule has 0 spiro atoms. The van der Waals surface area contributed by atoms with Crippen LogP contribution in [-0.2, 0) is 21.4 Å². The Kier molecular flexibility index (Phi) is 6.72. The summed E-state index contributed by atoms with van der Waals surface area (Å²) < 4.78 is 26.8. The normalized spacial score (nSPS) is 15.1. The van der Waals surface area contributed by atoms with Gasteiger partial charge in [-0.2, -0.15) is 4.31 Å². The van der Waals surface area contributed by atoms with E-state index in [9.17, 15) is 13.2 Å². The van der Waals surface area contributed by atoms with Crippen molar-refractivity contribution in [3.63, 3.8) is 0 Å². The molecule has 1 saturated heterocycles. The van der Waals surface area contributed by atoms with E-state index in [-0.39, 0.29) is 17.3 Å². The van der Waals surface area contributed by atoms with Gasteiger partial charge in [0, 0.05) is 30.3 Å². The summed E-state index contributed by atoms with van der Waals surface area (Å²) in [7, 11) is -1.65. The second-order valence-corrected chi connectivity index (χ2v) is 9.36. The number of sulfonamides is 1. The molecule has 0 bridgehead atoms. The molecule has 2 aromatic carbocycles. The maximum atomic E-state index is 12.7. The second kappa shape index (κ2) is 9.05. The number of amides is 1. The van der Waals surface area contributed by atoms with Gasteiger partial charge in [0.15, 0.2) is 0 Å². The minimum atomic E-state index is -3.50. The molecule has 0 radical (unpaired) electrons. The molecule has 0 aromatic heterocycles. The van der Waals surface area contributed by atoms with Crippen molar-refractivity contribution in [1.82, 2.24) is 9.21 Å². The molecule has 1 aliphatic rings. The highest BCUT2D eigenvalue weighted by atomic mass is 35.5. The van der Waals surface area contributed by atoms with E-state index in [1.807, 2.05) is 36.2 Å². The molecule has 1 fully saturated rings. The molecular formula is C20H24ClN3O3S. The van der Waals surface area contributed by atoms with Gasteiger partial charge in [0.05, 0.1) is 11.4 Å². The number of hydrogen-bond donors (Lipinski definition) is 1. The summed E-state index contributed by atoms with van der Waals surface area (Å²) in [5, 5.41) is 3.46. The molecule has 0 aliphatic carbocycles. The number of likely N-dealkylation sites (N-methyl/N-ethyl adjacent to an activating group) is 1. The van der Waals surface area contributed by atoms with Gasteiger partial charge in [-0.25, -0.2) is 8.42 Å². The highest BCUT2D eigenvalue weighted by Gasteiger charge is 2.27. The lowest BCUT2D eigenvalue weighted by atomic mass is 10.2. The molecule has 1 N–H and O–H groups in total. The first-order valence-electron chi connectivity index (χ1n) is 9.18. The Labute approximate surface area is 171 Å². The zero-order valence-electron chi connectivity index (χ0n) is 15.8. The summed E-state index contributed by atoms with van der Waals surface area (Å²) in [6.07, 6.45) is 1.77. The number of rotatable bonds is 7. The van der Waals surface area contributed by atoms with Crippen LogP contribution in [0.25, 0.3) is 0 Å². The van der Waals surface area contributed by atoms with Crippen LogP contribution >= 0.6 is 11.6 Å². The van der Waals surface area contributed by atoms with Crippen LogP contribution in [0.5, 0.6) is 0 Å². The van der Waals surface area contributed by atoms with Crippen molar-refractivity contribution in [2.45, 2.75) is 24.3 Å². The van der Waals surface area contributed by atoms with E-state index in [0.717, 1.165) is 18.4 Å². The average molecular weight is 422 g/mol. The molecule has 6 nitrogen and oxygen atoms in total. The topological polar surface area (TPSA) is 69.7 Å². The van der Waals surface area contributed by atoms with E-state index in [4.69, 9.17) is 11.6 Å². The third-order valence-corrected chi connectivity index (χ3v) is 6.75. The van der Waals surface area contributed by atoms with Crippen molar-refractivity contribution in [2.75, 3.05) is 32.0 Å². The molecule has 1 aliphatic heterocycles. The first-order valence-corrected chi connectivity index (χ1v) is 11.0. The Bertz CT molecular complexity index is 926. The van der Waals surface area contributed by atoms with Gasteiger partial charge in [0.2, 0.25) is 15.9 Å². The van der Waals surface area contributed by atoms with Gasteiger partial charge in [-0.15, -0.1) is 0 Å². The van der Waals surface area contributed by atoms with Crippen molar-refractivity contribution in [2.24, 2.45) is 0 Å². The Balaban J connectivity index is 1.60. The number of anilines is 1. The predicted octanol–water partition coefficient (Wildman–Crippen LogP) is 3.20. The zero-order valence-corrected chi connectivity index (χ0v) is 17.3. The Morgan fingerprint density at radius 3 is 2.50 bits per heavy atom. The summed E-state index contributed by atoms with van der Waals surface area (Å²) in [5.74, 6) is -0.202. The molecule has 28 heavy (non-hydrogen) atoms. The summed E-state index contributed by atoms with van der Waals surface area (Å²) in [4.78, 5) is 14.4. The maximum Gasteiger partial charge on any atom is 0.243 e. The third kappa shape index (κ3) is 5.32. The van der Waals surface area contributed by atoms with Crippen molar-refractivity contribution in [3.05, 3.63) is 59.1 Å². The van der Waals surface area contributed by atoms with Crippen LogP contribution in [0.2, 0.25) is 5.02 Å². The number of nitrogens with zero attached hydrogens (tertiary/aromatic N) is 2. The highest BCUT2D eigenvalue weighted by molar-refractivity contribution is 7.89.